The van der Waals surface area contributed by atoms with Crippen molar-refractivity contribution < 1.29 is 32.6 Å². The molecule has 0 saturated heterocycles. The molecule has 6 rings (SSSR count). The van der Waals surface area contributed by atoms with Crippen molar-refractivity contribution in [2.75, 3.05) is 13.7 Å². The van der Waals surface area contributed by atoms with E-state index >= 15 is 0 Å². The molecule has 14 heteroatoms. The number of hydrogen-bond acceptors (Lipinski definition) is 11. The van der Waals surface area contributed by atoms with Crippen molar-refractivity contribution in [1.82, 2.24) is 19.9 Å². The van der Waals surface area contributed by atoms with Crippen LogP contribution in [0.3, 0.4) is 0 Å². The van der Waals surface area contributed by atoms with E-state index in [9.17, 15) is 9.18 Å². The van der Waals surface area contributed by atoms with Crippen LogP contribution in [0.15, 0.2) is 89.8 Å². The van der Waals surface area contributed by atoms with Gasteiger partial charge in [-0.3, -0.25) is 0 Å². The van der Waals surface area contributed by atoms with Gasteiger partial charge in [0.2, 0.25) is 20.3 Å². The molecule has 3 aromatic heterocycles. The third-order valence-corrected chi connectivity index (χ3v) is 15.9. The van der Waals surface area contributed by atoms with E-state index in [2.05, 4.69) is 64.7 Å². The summed E-state index contributed by atoms with van der Waals surface area (Å²) in [5.41, 5.74) is 2.86. The standard InChI is InChI=1S/C41H42BrFN4O6SSi/c1-8-50-40(48)33(52-38-34-35(42)36(54-39(34)46-24-45-38)25-13-15-27(43)16-14-25)22-26-21-29(53-55(6,7)41(2,3)4)17-18-31(26)51-23-28-19-20-44-37(47-28)30-11-9-10-12-32(30)49-5/h9-21,24,33H,8,22-23H2,1-7H3/t33-/m1/s1. The van der Waals surface area contributed by atoms with Gasteiger partial charge in [-0.25, -0.2) is 29.1 Å². The topological polar surface area (TPSA) is 115 Å². The van der Waals surface area contributed by atoms with Crippen LogP contribution >= 0.6 is 27.3 Å². The molecular formula is C41H42BrFN4O6SSi. The number of carbonyl (C=O) groups excluding carboxylic acids is 1. The fourth-order valence-corrected chi connectivity index (χ4v) is 8.46. The first-order chi connectivity index (χ1) is 26.3. The predicted molar refractivity (Wildman–Crippen MR) is 218 cm³/mol. The van der Waals surface area contributed by atoms with Crippen molar-refractivity contribution in [3.8, 4) is 45.0 Å². The van der Waals surface area contributed by atoms with Crippen LogP contribution < -0.4 is 18.6 Å². The molecule has 0 fully saturated rings. The number of rotatable bonds is 14. The fourth-order valence-electron chi connectivity index (χ4n) is 5.45. The fraction of sp³-hybridized carbons (Fsp3) is 0.293. The predicted octanol–water partition coefficient (Wildman–Crippen LogP) is 10.2. The van der Waals surface area contributed by atoms with Crippen LogP contribution in [-0.4, -0.2) is 54.0 Å². The lowest BCUT2D eigenvalue weighted by molar-refractivity contribution is -0.151. The number of halogens is 2. The molecule has 0 N–H and O–H groups in total. The number of thiophene rings is 1. The molecule has 0 bridgehead atoms. The zero-order valence-corrected chi connectivity index (χ0v) is 35.1. The number of para-hydroxylation sites is 1. The van der Waals surface area contributed by atoms with Gasteiger partial charge in [-0.2, -0.15) is 0 Å². The normalized spacial score (nSPS) is 12.3. The van der Waals surface area contributed by atoms with E-state index < -0.39 is 20.4 Å². The van der Waals surface area contributed by atoms with Crippen molar-refractivity contribution in [3.05, 3.63) is 107 Å². The molecule has 0 saturated carbocycles. The van der Waals surface area contributed by atoms with Crippen LogP contribution in [0.1, 0.15) is 39.0 Å². The summed E-state index contributed by atoms with van der Waals surface area (Å²) in [6, 6.07) is 21.2. The second-order valence-electron chi connectivity index (χ2n) is 14.2. The Kier molecular flexibility index (Phi) is 12.2. The molecule has 0 aliphatic carbocycles. The average Bonchev–Trinajstić information content (AvgIpc) is 3.50. The van der Waals surface area contributed by atoms with Gasteiger partial charge in [-0.05, 0) is 95.1 Å². The average molecular weight is 846 g/mol. The highest BCUT2D eigenvalue weighted by atomic mass is 79.9. The summed E-state index contributed by atoms with van der Waals surface area (Å²) in [7, 11) is -0.629. The summed E-state index contributed by atoms with van der Waals surface area (Å²) in [5, 5.41) is 0.534. The van der Waals surface area contributed by atoms with Crippen molar-refractivity contribution in [2.24, 2.45) is 0 Å². The molecule has 0 amide bonds. The molecule has 0 aliphatic heterocycles. The molecule has 0 unspecified atom stereocenters. The van der Waals surface area contributed by atoms with Crippen molar-refractivity contribution in [1.29, 1.82) is 0 Å². The van der Waals surface area contributed by atoms with E-state index in [1.165, 1.54) is 29.8 Å². The molecule has 286 valence electrons. The summed E-state index contributed by atoms with van der Waals surface area (Å²) in [5.74, 6) is 1.63. The zero-order valence-electron chi connectivity index (χ0n) is 31.7. The minimum absolute atomic E-state index is 0.0514. The van der Waals surface area contributed by atoms with Crippen molar-refractivity contribution in [2.45, 2.75) is 65.0 Å². The second kappa shape index (κ2) is 16.8. The van der Waals surface area contributed by atoms with Gasteiger partial charge < -0.3 is 23.4 Å². The van der Waals surface area contributed by atoms with E-state index in [-0.39, 0.29) is 36.4 Å². The zero-order chi connectivity index (χ0) is 39.3. The molecule has 3 heterocycles. The van der Waals surface area contributed by atoms with E-state index in [1.54, 1.807) is 38.4 Å². The minimum atomic E-state index is -2.24. The number of nitrogens with zero attached hydrogens (tertiary/aromatic N) is 4. The van der Waals surface area contributed by atoms with Crippen LogP contribution in [0.5, 0.6) is 23.1 Å². The number of esters is 1. The molecule has 0 radical (unpaired) electrons. The number of ether oxygens (including phenoxy) is 4. The Bertz CT molecular complexity index is 2300. The summed E-state index contributed by atoms with van der Waals surface area (Å²) < 4.78 is 45.1. The molecule has 0 aliphatic rings. The van der Waals surface area contributed by atoms with E-state index in [0.29, 0.717) is 49.0 Å². The Balaban J connectivity index is 1.35. The van der Waals surface area contributed by atoms with Gasteiger partial charge in [-0.15, -0.1) is 11.3 Å². The first-order valence-corrected chi connectivity index (χ1v) is 22.2. The summed E-state index contributed by atoms with van der Waals surface area (Å²) in [6.07, 6.45) is 2.01. The quantitative estimate of drug-likeness (QED) is 0.0775. The van der Waals surface area contributed by atoms with Crippen molar-refractivity contribution >= 4 is 51.8 Å². The van der Waals surface area contributed by atoms with Gasteiger partial charge >= 0.3 is 5.97 Å². The van der Waals surface area contributed by atoms with E-state index in [0.717, 1.165) is 16.0 Å². The van der Waals surface area contributed by atoms with E-state index in [1.807, 2.05) is 42.5 Å². The molecule has 3 aromatic carbocycles. The second-order valence-corrected chi connectivity index (χ2v) is 20.7. The Morgan fingerprint density at radius 1 is 0.982 bits per heavy atom. The molecule has 10 nitrogen and oxygen atoms in total. The van der Waals surface area contributed by atoms with Crippen LogP contribution in [0.25, 0.3) is 32.0 Å². The van der Waals surface area contributed by atoms with Crippen LogP contribution in [-0.2, 0) is 22.6 Å². The van der Waals surface area contributed by atoms with Crippen LogP contribution in [0.2, 0.25) is 18.1 Å². The summed E-state index contributed by atoms with van der Waals surface area (Å²) in [6.45, 7) is 12.9. The minimum Gasteiger partial charge on any atom is -0.543 e. The molecule has 6 aromatic rings. The lowest BCUT2D eigenvalue weighted by Crippen LogP contribution is -2.43. The number of hydrogen-bond donors (Lipinski definition) is 0. The maximum Gasteiger partial charge on any atom is 0.347 e. The van der Waals surface area contributed by atoms with Gasteiger partial charge in [0.05, 0.1) is 39.7 Å². The number of aromatic nitrogens is 4. The molecule has 1 atom stereocenters. The maximum atomic E-state index is 13.7. The Hall–Kier alpha value is -4.92. The lowest BCUT2D eigenvalue weighted by Gasteiger charge is -2.36. The number of benzene rings is 3. The summed E-state index contributed by atoms with van der Waals surface area (Å²) in [4.78, 5) is 33.2. The third kappa shape index (κ3) is 9.14. The number of methoxy groups -OCH3 is 1. The Morgan fingerprint density at radius 3 is 2.47 bits per heavy atom. The van der Waals surface area contributed by atoms with Gasteiger partial charge in [0, 0.05) is 18.2 Å². The Morgan fingerprint density at radius 2 is 1.75 bits per heavy atom. The highest BCUT2D eigenvalue weighted by molar-refractivity contribution is 9.10. The van der Waals surface area contributed by atoms with Gasteiger partial charge in [-0.1, -0.05) is 45.0 Å². The SMILES string of the molecule is CCOC(=O)[C@@H](Cc1cc(O[Si](C)(C)C(C)(C)C)ccc1OCc1ccnc(-c2ccccc2OC)n1)Oc1ncnc2sc(-c3ccc(F)cc3)c(Br)c12. The van der Waals surface area contributed by atoms with Crippen LogP contribution in [0.4, 0.5) is 4.39 Å². The molecular weight excluding hydrogens is 804 g/mol. The first kappa shape index (κ1) is 39.8. The highest BCUT2D eigenvalue weighted by Crippen LogP contribution is 2.45. The van der Waals surface area contributed by atoms with Gasteiger partial charge in [0.15, 0.2) is 5.82 Å². The smallest absolute Gasteiger partial charge is 0.347 e. The molecule has 0 spiro atoms. The summed E-state index contributed by atoms with van der Waals surface area (Å²) >= 11 is 5.11. The van der Waals surface area contributed by atoms with Crippen LogP contribution in [0, 0.1) is 5.82 Å². The largest absolute Gasteiger partial charge is 0.543 e. The monoisotopic (exact) mass is 844 g/mol. The highest BCUT2D eigenvalue weighted by Gasteiger charge is 2.39. The van der Waals surface area contributed by atoms with E-state index in [4.69, 9.17) is 28.4 Å². The third-order valence-electron chi connectivity index (χ3n) is 9.36. The molecule has 55 heavy (non-hydrogen) atoms. The van der Waals surface area contributed by atoms with Gasteiger partial charge in [0.1, 0.15) is 40.8 Å². The lowest BCUT2D eigenvalue weighted by atomic mass is 10.1. The first-order valence-electron chi connectivity index (χ1n) is 17.7. The Labute approximate surface area is 333 Å². The number of carbonyl (C=O) groups is 1. The maximum absolute atomic E-state index is 13.7. The number of fused-ring (bicyclic) bond motifs is 1. The van der Waals surface area contributed by atoms with Crippen molar-refractivity contribution in [3.63, 3.8) is 0 Å². The van der Waals surface area contributed by atoms with Gasteiger partial charge in [0.25, 0.3) is 0 Å².